The summed E-state index contributed by atoms with van der Waals surface area (Å²) in [4.78, 5) is 11.3. The molecule has 0 amide bonds. The van der Waals surface area contributed by atoms with Crippen molar-refractivity contribution in [3.05, 3.63) is 11.6 Å². The first-order valence-electron chi connectivity index (χ1n) is 7.63. The maximum atomic E-state index is 11.3. The Kier molecular flexibility index (Phi) is 6.09. The number of rotatable bonds is 1. The molecule has 0 fully saturated rings. The predicted molar refractivity (Wildman–Crippen MR) is 80.0 cm³/mol. The van der Waals surface area contributed by atoms with E-state index in [1.807, 2.05) is 0 Å². The fourth-order valence-corrected chi connectivity index (χ4v) is 2.75. The van der Waals surface area contributed by atoms with Crippen LogP contribution in [0.3, 0.4) is 0 Å². The van der Waals surface area contributed by atoms with Crippen LogP contribution in [0.25, 0.3) is 0 Å². The molecule has 110 valence electrons. The van der Waals surface area contributed by atoms with Gasteiger partial charge in [-0.25, -0.2) is 0 Å². The monoisotopic (exact) mass is 266 g/mol. The molecule has 2 nitrogen and oxygen atoms in total. The molecule has 0 aromatic rings. The van der Waals surface area contributed by atoms with E-state index in [0.717, 1.165) is 25.7 Å². The van der Waals surface area contributed by atoms with Gasteiger partial charge in [-0.3, -0.25) is 4.79 Å². The first-order valence-corrected chi connectivity index (χ1v) is 7.63. The van der Waals surface area contributed by atoms with Gasteiger partial charge in [-0.05, 0) is 56.8 Å². The number of carbonyl (C=O) groups excluding carboxylic acids is 1. The minimum Gasteiger partial charge on any atom is -0.462 e. The normalized spacial score (nSPS) is 31.7. The Bertz CT molecular complexity index is 328. The van der Waals surface area contributed by atoms with Gasteiger partial charge in [0.2, 0.25) is 0 Å². The highest BCUT2D eigenvalue weighted by Gasteiger charge is 2.25. The maximum Gasteiger partial charge on any atom is 0.302 e. The molecule has 0 unspecified atom stereocenters. The van der Waals surface area contributed by atoms with Crippen LogP contribution in [-0.4, -0.2) is 12.1 Å². The number of carbonyl (C=O) groups is 1. The third-order valence-electron chi connectivity index (χ3n) is 4.29. The van der Waals surface area contributed by atoms with Gasteiger partial charge in [0, 0.05) is 6.92 Å². The molecule has 19 heavy (non-hydrogen) atoms. The van der Waals surface area contributed by atoms with Crippen molar-refractivity contribution in [1.82, 2.24) is 0 Å². The van der Waals surface area contributed by atoms with Crippen molar-refractivity contribution in [3.63, 3.8) is 0 Å². The molecule has 0 aliphatic heterocycles. The minimum atomic E-state index is -0.140. The molecule has 0 N–H and O–H groups in total. The van der Waals surface area contributed by atoms with E-state index < -0.39 is 0 Å². The second-order valence-electron chi connectivity index (χ2n) is 6.97. The lowest BCUT2D eigenvalue weighted by Crippen LogP contribution is -2.26. The topological polar surface area (TPSA) is 26.3 Å². The lowest BCUT2D eigenvalue weighted by molar-refractivity contribution is -0.149. The minimum absolute atomic E-state index is 0.0928. The van der Waals surface area contributed by atoms with Crippen LogP contribution in [-0.2, 0) is 9.53 Å². The first kappa shape index (κ1) is 16.3. The van der Waals surface area contributed by atoms with E-state index in [-0.39, 0.29) is 12.1 Å². The zero-order chi connectivity index (χ0) is 14.5. The van der Waals surface area contributed by atoms with Gasteiger partial charge in [0.25, 0.3) is 0 Å². The van der Waals surface area contributed by atoms with Crippen molar-refractivity contribution in [2.24, 2.45) is 11.3 Å². The number of allylic oxidation sites excluding steroid dienone is 2. The molecule has 0 radical (unpaired) electrons. The molecule has 0 spiro atoms. The van der Waals surface area contributed by atoms with E-state index in [9.17, 15) is 4.79 Å². The van der Waals surface area contributed by atoms with Gasteiger partial charge in [-0.1, -0.05) is 32.4 Å². The molecule has 0 heterocycles. The summed E-state index contributed by atoms with van der Waals surface area (Å²) in [6, 6.07) is 0. The van der Waals surface area contributed by atoms with Gasteiger partial charge in [-0.15, -0.1) is 0 Å². The second-order valence-corrected chi connectivity index (χ2v) is 6.97. The standard InChI is InChI=1S/C17H30O2/c1-13-7-6-8-14(2)16(19-15(3)18)10-12-17(4,5)11-9-13/h9,14,16H,6-8,10-12H2,1-5H3/b13-9+/t14-,16+/m0/s1. The molecule has 1 aliphatic rings. The van der Waals surface area contributed by atoms with Crippen LogP contribution in [0.1, 0.15) is 73.1 Å². The lowest BCUT2D eigenvalue weighted by atomic mass is 9.81. The summed E-state index contributed by atoms with van der Waals surface area (Å²) in [7, 11) is 0. The predicted octanol–water partition coefficient (Wildman–Crippen LogP) is 4.88. The van der Waals surface area contributed by atoms with Gasteiger partial charge < -0.3 is 4.74 Å². The van der Waals surface area contributed by atoms with Gasteiger partial charge >= 0.3 is 5.97 Å². The molecule has 1 rings (SSSR count). The number of hydrogen-bond donors (Lipinski definition) is 0. The SMILES string of the molecule is CC(=O)O[C@@H]1CCC(C)(C)C/C=C(\C)CCC[C@@H]1C. The summed E-state index contributed by atoms with van der Waals surface area (Å²) in [5.41, 5.74) is 1.80. The Morgan fingerprint density at radius 1 is 1.37 bits per heavy atom. The Hall–Kier alpha value is -0.790. The van der Waals surface area contributed by atoms with Crippen molar-refractivity contribution in [1.29, 1.82) is 0 Å². The van der Waals surface area contributed by atoms with Gasteiger partial charge in [0.05, 0.1) is 0 Å². The highest BCUT2D eigenvalue weighted by molar-refractivity contribution is 5.66. The fraction of sp³-hybridized carbons (Fsp3) is 0.824. The van der Waals surface area contributed by atoms with Crippen LogP contribution in [0.2, 0.25) is 0 Å². The van der Waals surface area contributed by atoms with Crippen molar-refractivity contribution in [3.8, 4) is 0 Å². The maximum absolute atomic E-state index is 11.3. The van der Waals surface area contributed by atoms with E-state index >= 15 is 0 Å². The smallest absolute Gasteiger partial charge is 0.302 e. The second kappa shape index (κ2) is 7.12. The summed E-state index contributed by atoms with van der Waals surface area (Å²) in [6.07, 6.45) is 9.23. The average molecular weight is 266 g/mol. The third-order valence-corrected chi connectivity index (χ3v) is 4.29. The quantitative estimate of drug-likeness (QED) is 0.499. The largest absolute Gasteiger partial charge is 0.462 e. The van der Waals surface area contributed by atoms with Crippen LogP contribution in [0.4, 0.5) is 0 Å². The molecule has 1 aliphatic carbocycles. The molecular weight excluding hydrogens is 236 g/mol. The van der Waals surface area contributed by atoms with E-state index in [1.165, 1.54) is 25.3 Å². The molecule has 0 aromatic carbocycles. The van der Waals surface area contributed by atoms with Crippen molar-refractivity contribution >= 4 is 5.97 Å². The van der Waals surface area contributed by atoms with E-state index in [2.05, 4.69) is 33.8 Å². The van der Waals surface area contributed by atoms with Crippen LogP contribution in [0.15, 0.2) is 11.6 Å². The highest BCUT2D eigenvalue weighted by Crippen LogP contribution is 2.32. The third kappa shape index (κ3) is 6.26. The summed E-state index contributed by atoms with van der Waals surface area (Å²) >= 11 is 0. The number of esters is 1. The van der Waals surface area contributed by atoms with Gasteiger partial charge in [0.1, 0.15) is 6.10 Å². The molecule has 0 aromatic heterocycles. The zero-order valence-electron chi connectivity index (χ0n) is 13.3. The van der Waals surface area contributed by atoms with Crippen molar-refractivity contribution in [2.45, 2.75) is 79.2 Å². The summed E-state index contributed by atoms with van der Waals surface area (Å²) in [6.45, 7) is 10.6. The van der Waals surface area contributed by atoms with Crippen LogP contribution < -0.4 is 0 Å². The number of ether oxygens (including phenoxy) is 1. The molecule has 2 atom stereocenters. The van der Waals surface area contributed by atoms with Crippen molar-refractivity contribution in [2.75, 3.05) is 0 Å². The molecule has 0 bridgehead atoms. The fourth-order valence-electron chi connectivity index (χ4n) is 2.75. The first-order chi connectivity index (χ1) is 8.80. The van der Waals surface area contributed by atoms with Crippen LogP contribution in [0, 0.1) is 11.3 Å². The van der Waals surface area contributed by atoms with E-state index in [0.29, 0.717) is 11.3 Å². The van der Waals surface area contributed by atoms with E-state index in [4.69, 9.17) is 4.74 Å². The average Bonchev–Trinajstić information content (AvgIpc) is 2.32. The van der Waals surface area contributed by atoms with Gasteiger partial charge in [-0.2, -0.15) is 0 Å². The highest BCUT2D eigenvalue weighted by atomic mass is 16.5. The lowest BCUT2D eigenvalue weighted by Gasteiger charge is -2.28. The summed E-state index contributed by atoms with van der Waals surface area (Å²) in [5, 5.41) is 0. The Morgan fingerprint density at radius 3 is 2.68 bits per heavy atom. The van der Waals surface area contributed by atoms with Crippen LogP contribution >= 0.6 is 0 Å². The summed E-state index contributed by atoms with van der Waals surface area (Å²) < 4.78 is 5.54. The Labute approximate surface area is 118 Å². The zero-order valence-corrected chi connectivity index (χ0v) is 13.3. The van der Waals surface area contributed by atoms with E-state index in [1.54, 1.807) is 0 Å². The van der Waals surface area contributed by atoms with Gasteiger partial charge in [0.15, 0.2) is 0 Å². The Morgan fingerprint density at radius 2 is 2.05 bits per heavy atom. The summed E-state index contributed by atoms with van der Waals surface area (Å²) in [5.74, 6) is 0.324. The Balaban J connectivity index is 2.75. The van der Waals surface area contributed by atoms with Crippen molar-refractivity contribution < 1.29 is 9.53 Å². The van der Waals surface area contributed by atoms with Crippen LogP contribution in [0.5, 0.6) is 0 Å². The molecule has 0 saturated carbocycles. The molecular formula is C17H30O2. The number of hydrogen-bond acceptors (Lipinski definition) is 2. The molecule has 0 saturated heterocycles. The molecule has 2 heteroatoms.